The maximum Gasteiger partial charge on any atom is 0.307 e. The molecule has 0 spiro atoms. The zero-order valence-electron chi connectivity index (χ0n) is 25.7. The van der Waals surface area contributed by atoms with Gasteiger partial charge in [-0.3, -0.25) is 24.0 Å². The molecule has 0 bridgehead atoms. The number of carboxylic acid groups (broad SMARTS) is 2. The minimum Gasteiger partial charge on any atom is -0.508 e. The molecule has 1 unspecified atom stereocenters. The number of phenols is 3. The number of aromatic hydroxyl groups is 3. The van der Waals surface area contributed by atoms with Crippen LogP contribution in [0.15, 0.2) is 48.5 Å². The molecule has 16 heteroatoms. The SMILES string of the molecule is COc1cc([C@H]2Oc3cc(C4Oc5cc(O)cc(O)c5C(=O)[C@@H]4OC(=O)CCC(=O)O)ccc3O[C@@H]2COC(=O)CCC(=O)O)ccc1O. The van der Waals surface area contributed by atoms with Gasteiger partial charge in [0.25, 0.3) is 0 Å². The Morgan fingerprint density at radius 3 is 2.06 bits per heavy atom. The van der Waals surface area contributed by atoms with E-state index < -0.39 is 84.8 Å². The van der Waals surface area contributed by atoms with Gasteiger partial charge in [-0.2, -0.15) is 0 Å². The molecule has 2 heterocycles. The van der Waals surface area contributed by atoms with Crippen molar-refractivity contribution >= 4 is 29.7 Å². The number of fused-ring (bicyclic) bond motifs is 2. The molecule has 2 aliphatic rings. The smallest absolute Gasteiger partial charge is 0.307 e. The zero-order valence-corrected chi connectivity index (χ0v) is 25.7. The van der Waals surface area contributed by atoms with E-state index in [1.165, 1.54) is 43.5 Å². The highest BCUT2D eigenvalue weighted by molar-refractivity contribution is 6.06. The molecule has 0 aliphatic carbocycles. The molecule has 0 radical (unpaired) electrons. The molecule has 3 aromatic carbocycles. The average Bonchev–Trinajstić information content (AvgIpc) is 3.05. The predicted octanol–water partition coefficient (Wildman–Crippen LogP) is 3.19. The molecule has 3 aromatic rings. The molecule has 0 aromatic heterocycles. The van der Waals surface area contributed by atoms with Crippen molar-refractivity contribution in [1.82, 2.24) is 0 Å². The standard InChI is InChI=1S/C33H30O16/c1-44-21-10-15(2-4-18(21)35)31-24(14-45-27(41)8-6-25(37)38)46-20-5-3-16(11-22(20)47-31)32-33(49-28(42)9-7-26(39)40)30(43)29-19(36)12-17(34)13-23(29)48-32/h2-5,10-13,24,31-36H,6-9,14H2,1H3,(H,37,38)(H,39,40)/t24-,31-,32?,33+/m1/s1. The van der Waals surface area contributed by atoms with Crippen LogP contribution in [0.5, 0.6) is 40.2 Å². The van der Waals surface area contributed by atoms with Gasteiger partial charge in [0.05, 0.1) is 32.8 Å². The Balaban J connectivity index is 1.49. The van der Waals surface area contributed by atoms with Crippen molar-refractivity contribution in [3.63, 3.8) is 0 Å². The lowest BCUT2D eigenvalue weighted by Gasteiger charge is -2.36. The van der Waals surface area contributed by atoms with Crippen LogP contribution in [0, 0.1) is 0 Å². The summed E-state index contributed by atoms with van der Waals surface area (Å²) in [5.41, 5.74) is 0.275. The van der Waals surface area contributed by atoms with E-state index in [2.05, 4.69) is 0 Å². The van der Waals surface area contributed by atoms with Gasteiger partial charge in [-0.1, -0.05) is 12.1 Å². The van der Waals surface area contributed by atoms with Gasteiger partial charge < -0.3 is 54.0 Å². The topological polar surface area (TPSA) is 242 Å². The lowest BCUT2D eigenvalue weighted by Crippen LogP contribution is -2.40. The third-order valence-corrected chi connectivity index (χ3v) is 7.55. The number of carboxylic acids is 2. The van der Waals surface area contributed by atoms with Crippen LogP contribution in [0.4, 0.5) is 0 Å². The fourth-order valence-electron chi connectivity index (χ4n) is 5.23. The molecule has 0 amide bonds. The number of hydrogen-bond donors (Lipinski definition) is 5. The van der Waals surface area contributed by atoms with Crippen molar-refractivity contribution in [2.24, 2.45) is 0 Å². The normalized spacial score (nSPS) is 19.2. The molecular weight excluding hydrogens is 652 g/mol. The first kappa shape index (κ1) is 34.2. The van der Waals surface area contributed by atoms with Crippen molar-refractivity contribution in [2.45, 2.75) is 50.1 Å². The summed E-state index contributed by atoms with van der Waals surface area (Å²) < 4.78 is 34.3. The summed E-state index contributed by atoms with van der Waals surface area (Å²) in [5.74, 6) is -6.18. The van der Waals surface area contributed by atoms with E-state index >= 15 is 0 Å². The molecule has 258 valence electrons. The maximum absolute atomic E-state index is 13.6. The lowest BCUT2D eigenvalue weighted by atomic mass is 9.92. The number of hydrogen-bond acceptors (Lipinski definition) is 14. The van der Waals surface area contributed by atoms with Crippen LogP contribution >= 0.6 is 0 Å². The maximum atomic E-state index is 13.6. The highest BCUT2D eigenvalue weighted by Gasteiger charge is 2.44. The Hall–Kier alpha value is -6.19. The number of methoxy groups -OCH3 is 1. The Morgan fingerprint density at radius 1 is 0.714 bits per heavy atom. The van der Waals surface area contributed by atoms with E-state index in [1.807, 2.05) is 0 Å². The van der Waals surface area contributed by atoms with Gasteiger partial charge in [-0.25, -0.2) is 0 Å². The van der Waals surface area contributed by atoms with E-state index in [9.17, 15) is 39.3 Å². The van der Waals surface area contributed by atoms with Crippen LogP contribution < -0.4 is 18.9 Å². The molecule has 5 rings (SSSR count). The number of ether oxygens (including phenoxy) is 6. The minimum absolute atomic E-state index is 0.0968. The molecule has 4 atom stereocenters. The van der Waals surface area contributed by atoms with Crippen LogP contribution in [0.1, 0.15) is 59.4 Å². The minimum atomic E-state index is -1.69. The molecule has 5 N–H and O–H groups in total. The Morgan fingerprint density at radius 2 is 1.37 bits per heavy atom. The van der Waals surface area contributed by atoms with Crippen LogP contribution in [-0.4, -0.2) is 81.1 Å². The van der Waals surface area contributed by atoms with E-state index in [1.54, 1.807) is 0 Å². The van der Waals surface area contributed by atoms with Crippen LogP contribution in [0.3, 0.4) is 0 Å². The molecule has 0 fully saturated rings. The van der Waals surface area contributed by atoms with Gasteiger partial charge >= 0.3 is 23.9 Å². The number of Topliss-reactive ketones (excluding diaryl/α,β-unsaturated/α-hetero) is 1. The first-order valence-corrected chi connectivity index (χ1v) is 14.7. The monoisotopic (exact) mass is 682 g/mol. The fourth-order valence-corrected chi connectivity index (χ4v) is 5.23. The third-order valence-electron chi connectivity index (χ3n) is 7.55. The van der Waals surface area contributed by atoms with Gasteiger partial charge in [0, 0.05) is 23.3 Å². The number of benzene rings is 3. The summed E-state index contributed by atoms with van der Waals surface area (Å²) >= 11 is 0. The summed E-state index contributed by atoms with van der Waals surface area (Å²) in [5, 5.41) is 48.4. The number of ketones is 1. The Labute approximate surface area is 276 Å². The summed E-state index contributed by atoms with van der Waals surface area (Å²) in [6.45, 7) is -0.355. The fraction of sp³-hybridized carbons (Fsp3) is 0.303. The number of esters is 2. The summed E-state index contributed by atoms with van der Waals surface area (Å²) in [4.78, 5) is 60.3. The predicted molar refractivity (Wildman–Crippen MR) is 161 cm³/mol. The Kier molecular flexibility index (Phi) is 9.96. The summed E-state index contributed by atoms with van der Waals surface area (Å²) in [6.07, 6.45) is -6.97. The Bertz CT molecular complexity index is 1800. The van der Waals surface area contributed by atoms with E-state index in [0.29, 0.717) is 5.56 Å². The van der Waals surface area contributed by atoms with E-state index in [-0.39, 0.29) is 52.9 Å². The van der Waals surface area contributed by atoms with Gasteiger partial charge in [0.1, 0.15) is 29.4 Å². The molecule has 2 aliphatic heterocycles. The summed E-state index contributed by atoms with van der Waals surface area (Å²) in [7, 11) is 1.34. The second-order valence-electron chi connectivity index (χ2n) is 11.0. The van der Waals surface area contributed by atoms with Crippen LogP contribution in [-0.2, 0) is 28.7 Å². The highest BCUT2D eigenvalue weighted by atomic mass is 16.6. The van der Waals surface area contributed by atoms with Crippen molar-refractivity contribution in [3.8, 4) is 40.2 Å². The summed E-state index contributed by atoms with van der Waals surface area (Å²) in [6, 6.07) is 10.7. The van der Waals surface area contributed by atoms with Crippen molar-refractivity contribution in [3.05, 3.63) is 65.2 Å². The molecule has 16 nitrogen and oxygen atoms in total. The van der Waals surface area contributed by atoms with Gasteiger partial charge in [-0.05, 0) is 24.3 Å². The number of phenolic OH excluding ortho intramolecular Hbond substituents is 3. The second-order valence-corrected chi connectivity index (χ2v) is 11.0. The molecule has 49 heavy (non-hydrogen) atoms. The molecule has 0 saturated carbocycles. The lowest BCUT2D eigenvalue weighted by molar-refractivity contribution is -0.154. The molecule has 0 saturated heterocycles. The van der Waals surface area contributed by atoms with Crippen molar-refractivity contribution in [1.29, 1.82) is 0 Å². The van der Waals surface area contributed by atoms with E-state index in [0.717, 1.165) is 12.1 Å². The van der Waals surface area contributed by atoms with Crippen LogP contribution in [0.2, 0.25) is 0 Å². The number of carbonyl (C=O) groups is 5. The van der Waals surface area contributed by atoms with E-state index in [4.69, 9.17) is 38.6 Å². The first-order valence-electron chi connectivity index (χ1n) is 14.7. The van der Waals surface area contributed by atoms with Gasteiger partial charge in [0.2, 0.25) is 11.9 Å². The highest BCUT2D eigenvalue weighted by Crippen LogP contribution is 2.46. The van der Waals surface area contributed by atoms with Crippen molar-refractivity contribution < 1.29 is 77.9 Å². The number of carbonyl (C=O) groups excluding carboxylic acids is 3. The quantitative estimate of drug-likeness (QED) is 0.172. The van der Waals surface area contributed by atoms with Crippen molar-refractivity contribution in [2.75, 3.05) is 13.7 Å². The second kappa shape index (κ2) is 14.3. The van der Waals surface area contributed by atoms with Gasteiger partial charge in [-0.15, -0.1) is 0 Å². The first-order chi connectivity index (χ1) is 23.3. The third kappa shape index (κ3) is 7.69. The van der Waals surface area contributed by atoms with Gasteiger partial charge in [0.15, 0.2) is 41.3 Å². The van der Waals surface area contributed by atoms with Crippen LogP contribution in [0.25, 0.3) is 0 Å². The average molecular weight is 683 g/mol. The molecular formula is C33H30O16. The number of rotatable bonds is 12. The zero-order chi connectivity index (χ0) is 35.4. The largest absolute Gasteiger partial charge is 0.508 e. The number of aliphatic carboxylic acids is 2.